The van der Waals surface area contributed by atoms with Crippen molar-refractivity contribution in [3.63, 3.8) is 0 Å². The lowest BCUT2D eigenvalue weighted by molar-refractivity contribution is 0.139. The molecule has 3 heterocycles. The van der Waals surface area contributed by atoms with E-state index in [1.54, 1.807) is 10.9 Å². The summed E-state index contributed by atoms with van der Waals surface area (Å²) in [6, 6.07) is 0. The van der Waals surface area contributed by atoms with Gasteiger partial charge in [0.15, 0.2) is 0 Å². The van der Waals surface area contributed by atoms with Crippen LogP contribution in [0.3, 0.4) is 0 Å². The van der Waals surface area contributed by atoms with Gasteiger partial charge in [-0.1, -0.05) is 0 Å². The van der Waals surface area contributed by atoms with Crippen LogP contribution in [0.25, 0.3) is 11.3 Å². The van der Waals surface area contributed by atoms with Crippen molar-refractivity contribution in [2.75, 3.05) is 6.54 Å². The fourth-order valence-corrected chi connectivity index (χ4v) is 2.53. The Morgan fingerprint density at radius 3 is 2.84 bits per heavy atom. The molecule has 0 saturated carbocycles. The summed E-state index contributed by atoms with van der Waals surface area (Å²) < 4.78 is 3.56. The highest BCUT2D eigenvalue weighted by molar-refractivity contribution is 5.68. The van der Waals surface area contributed by atoms with Crippen LogP contribution in [0, 0.1) is 0 Å². The lowest BCUT2D eigenvalue weighted by Gasteiger charge is -2.24. The molecule has 1 amide bonds. The molecule has 0 unspecified atom stereocenters. The fraction of sp³-hybridized carbons (Fsp3) is 0.417. The van der Waals surface area contributed by atoms with Gasteiger partial charge in [0.2, 0.25) is 0 Å². The number of hydrogen-bond donors (Lipinski definition) is 1. The van der Waals surface area contributed by atoms with E-state index in [0.29, 0.717) is 19.5 Å². The van der Waals surface area contributed by atoms with E-state index in [4.69, 9.17) is 5.11 Å². The summed E-state index contributed by atoms with van der Waals surface area (Å²) in [6.07, 6.45) is 3.46. The standard InChI is InChI=1S/C12H15N5O2/c1-15-6-8(5-13-15)11-9-7-17(12(18)19)4-3-10(9)16(2)14-11/h5-6H,3-4,7H2,1-2H3,(H,18,19). The number of hydrogen-bond acceptors (Lipinski definition) is 3. The normalized spacial score (nSPS) is 14.5. The van der Waals surface area contributed by atoms with Crippen LogP contribution in [-0.4, -0.2) is 42.2 Å². The van der Waals surface area contributed by atoms with Crippen molar-refractivity contribution in [2.24, 2.45) is 14.1 Å². The second-order valence-corrected chi connectivity index (χ2v) is 4.75. The van der Waals surface area contributed by atoms with E-state index >= 15 is 0 Å². The minimum Gasteiger partial charge on any atom is -0.465 e. The van der Waals surface area contributed by atoms with Crippen molar-refractivity contribution in [3.05, 3.63) is 23.7 Å². The molecule has 2 aromatic heterocycles. The molecule has 1 N–H and O–H groups in total. The highest BCUT2D eigenvalue weighted by Crippen LogP contribution is 2.29. The summed E-state index contributed by atoms with van der Waals surface area (Å²) >= 11 is 0. The van der Waals surface area contributed by atoms with Crippen molar-refractivity contribution < 1.29 is 9.90 Å². The van der Waals surface area contributed by atoms with Crippen molar-refractivity contribution in [3.8, 4) is 11.3 Å². The first-order valence-corrected chi connectivity index (χ1v) is 6.08. The summed E-state index contributed by atoms with van der Waals surface area (Å²) in [5.41, 5.74) is 3.85. The Bertz CT molecular complexity index is 643. The van der Waals surface area contributed by atoms with Gasteiger partial charge in [0.05, 0.1) is 12.7 Å². The molecule has 1 aliphatic rings. The van der Waals surface area contributed by atoms with Crippen LogP contribution in [0.5, 0.6) is 0 Å². The molecule has 2 aromatic rings. The van der Waals surface area contributed by atoms with Gasteiger partial charge >= 0.3 is 6.09 Å². The van der Waals surface area contributed by atoms with Gasteiger partial charge in [-0.3, -0.25) is 9.36 Å². The summed E-state index contributed by atoms with van der Waals surface area (Å²) in [5.74, 6) is 0. The Morgan fingerprint density at radius 2 is 2.21 bits per heavy atom. The van der Waals surface area contributed by atoms with Gasteiger partial charge in [-0.2, -0.15) is 10.2 Å². The van der Waals surface area contributed by atoms with E-state index in [1.807, 2.05) is 25.0 Å². The molecule has 7 nitrogen and oxygen atoms in total. The van der Waals surface area contributed by atoms with Gasteiger partial charge in [0, 0.05) is 50.1 Å². The van der Waals surface area contributed by atoms with E-state index < -0.39 is 6.09 Å². The zero-order valence-electron chi connectivity index (χ0n) is 10.9. The van der Waals surface area contributed by atoms with Crippen molar-refractivity contribution >= 4 is 6.09 Å². The lowest BCUT2D eigenvalue weighted by Crippen LogP contribution is -2.35. The lowest BCUT2D eigenvalue weighted by atomic mass is 10.0. The first-order chi connectivity index (χ1) is 9.06. The number of amides is 1. The zero-order chi connectivity index (χ0) is 13.6. The number of nitrogens with zero attached hydrogens (tertiary/aromatic N) is 5. The van der Waals surface area contributed by atoms with Gasteiger partial charge in [-0.25, -0.2) is 4.79 Å². The number of rotatable bonds is 1. The average Bonchev–Trinajstić information content (AvgIpc) is 2.93. The Morgan fingerprint density at radius 1 is 1.42 bits per heavy atom. The van der Waals surface area contributed by atoms with Gasteiger partial charge in [0.1, 0.15) is 5.69 Å². The molecule has 1 aliphatic heterocycles. The zero-order valence-corrected chi connectivity index (χ0v) is 10.9. The monoisotopic (exact) mass is 261 g/mol. The molecule has 7 heteroatoms. The Balaban J connectivity index is 2.06. The number of aryl methyl sites for hydroxylation is 2. The molecule has 19 heavy (non-hydrogen) atoms. The highest BCUT2D eigenvalue weighted by atomic mass is 16.4. The quantitative estimate of drug-likeness (QED) is 0.826. The van der Waals surface area contributed by atoms with E-state index in [2.05, 4.69) is 10.2 Å². The average molecular weight is 261 g/mol. The second kappa shape index (κ2) is 4.11. The summed E-state index contributed by atoms with van der Waals surface area (Å²) in [7, 11) is 3.75. The Labute approximate surface area is 110 Å². The van der Waals surface area contributed by atoms with Gasteiger partial charge in [-0.15, -0.1) is 0 Å². The van der Waals surface area contributed by atoms with E-state index in [9.17, 15) is 4.79 Å². The molecule has 100 valence electrons. The molecule has 0 atom stereocenters. The highest BCUT2D eigenvalue weighted by Gasteiger charge is 2.27. The smallest absolute Gasteiger partial charge is 0.407 e. The van der Waals surface area contributed by atoms with Gasteiger partial charge in [-0.05, 0) is 0 Å². The minimum atomic E-state index is -0.883. The van der Waals surface area contributed by atoms with E-state index in [0.717, 1.165) is 22.5 Å². The van der Waals surface area contributed by atoms with Crippen LogP contribution in [0.1, 0.15) is 11.3 Å². The number of carboxylic acid groups (broad SMARTS) is 1. The molecular formula is C12H15N5O2. The third-order valence-electron chi connectivity index (χ3n) is 3.49. The molecule has 0 aromatic carbocycles. The number of carbonyl (C=O) groups is 1. The molecule has 3 rings (SSSR count). The second-order valence-electron chi connectivity index (χ2n) is 4.75. The molecule has 0 spiro atoms. The summed E-state index contributed by atoms with van der Waals surface area (Å²) in [5, 5.41) is 17.8. The van der Waals surface area contributed by atoms with E-state index in [-0.39, 0.29) is 0 Å². The van der Waals surface area contributed by atoms with Gasteiger partial charge in [0.25, 0.3) is 0 Å². The van der Waals surface area contributed by atoms with Crippen molar-refractivity contribution in [1.82, 2.24) is 24.5 Å². The Kier molecular flexibility index (Phi) is 2.55. The van der Waals surface area contributed by atoms with Crippen LogP contribution in [0.2, 0.25) is 0 Å². The van der Waals surface area contributed by atoms with Crippen molar-refractivity contribution in [2.45, 2.75) is 13.0 Å². The molecule has 0 fully saturated rings. The maximum absolute atomic E-state index is 11.1. The predicted molar refractivity (Wildman–Crippen MR) is 67.5 cm³/mol. The van der Waals surface area contributed by atoms with Crippen LogP contribution >= 0.6 is 0 Å². The third kappa shape index (κ3) is 1.87. The molecule has 0 saturated heterocycles. The van der Waals surface area contributed by atoms with Gasteiger partial charge < -0.3 is 10.0 Å². The topological polar surface area (TPSA) is 76.2 Å². The maximum Gasteiger partial charge on any atom is 0.407 e. The number of aromatic nitrogens is 4. The van der Waals surface area contributed by atoms with E-state index in [1.165, 1.54) is 4.90 Å². The van der Waals surface area contributed by atoms with Crippen LogP contribution in [0.15, 0.2) is 12.4 Å². The first kappa shape index (κ1) is 11.8. The molecule has 0 bridgehead atoms. The van der Waals surface area contributed by atoms with Crippen LogP contribution in [-0.2, 0) is 27.1 Å². The Hall–Kier alpha value is -2.31. The number of fused-ring (bicyclic) bond motifs is 1. The predicted octanol–water partition coefficient (Wildman–Crippen LogP) is 0.857. The molecular weight excluding hydrogens is 246 g/mol. The minimum absolute atomic E-state index is 0.392. The van der Waals surface area contributed by atoms with Crippen molar-refractivity contribution in [1.29, 1.82) is 0 Å². The maximum atomic E-state index is 11.1. The molecule has 0 radical (unpaired) electrons. The summed E-state index contributed by atoms with van der Waals surface area (Å²) in [6.45, 7) is 0.914. The van der Waals surface area contributed by atoms with Crippen LogP contribution < -0.4 is 0 Å². The summed E-state index contributed by atoms with van der Waals surface area (Å²) in [4.78, 5) is 12.5. The molecule has 0 aliphatic carbocycles. The largest absolute Gasteiger partial charge is 0.465 e. The third-order valence-corrected chi connectivity index (χ3v) is 3.49. The SMILES string of the molecule is Cn1cc(-c2nn(C)c3c2CN(C(=O)O)CC3)cn1. The fourth-order valence-electron chi connectivity index (χ4n) is 2.53. The first-order valence-electron chi connectivity index (χ1n) is 6.08. The van der Waals surface area contributed by atoms with Crippen LogP contribution in [0.4, 0.5) is 4.79 Å².